The van der Waals surface area contributed by atoms with E-state index in [0.29, 0.717) is 11.3 Å². The third-order valence-corrected chi connectivity index (χ3v) is 4.14. The smallest absolute Gasteiger partial charge is 0.100 e. The molecule has 0 bridgehead atoms. The van der Waals surface area contributed by atoms with Crippen LogP contribution in [0.15, 0.2) is 23.8 Å². The number of hydrogen-bond acceptors (Lipinski definition) is 1. The summed E-state index contributed by atoms with van der Waals surface area (Å²) in [6.07, 6.45) is 7.99. The van der Waals surface area contributed by atoms with Crippen molar-refractivity contribution in [2.24, 2.45) is 11.3 Å². The van der Waals surface area contributed by atoms with Gasteiger partial charge in [-0.05, 0) is 13.3 Å². The first-order chi connectivity index (χ1) is 6.54. The molecule has 3 atom stereocenters. The molecule has 2 aliphatic rings. The topological polar surface area (TPSA) is 9.23 Å². The summed E-state index contributed by atoms with van der Waals surface area (Å²) in [5.41, 5.74) is 1.68. The van der Waals surface area contributed by atoms with Crippen molar-refractivity contribution in [3.63, 3.8) is 0 Å². The Morgan fingerprint density at radius 2 is 2.29 bits per heavy atom. The average Bonchev–Trinajstić information content (AvgIpc) is 2.15. The van der Waals surface area contributed by atoms with Gasteiger partial charge in [0.25, 0.3) is 0 Å². The summed E-state index contributed by atoms with van der Waals surface area (Å²) in [4.78, 5) is 0. The Kier molecular flexibility index (Phi) is 2.11. The molecule has 0 amide bonds. The van der Waals surface area contributed by atoms with Gasteiger partial charge in [0.1, 0.15) is 5.60 Å². The fourth-order valence-corrected chi connectivity index (χ4v) is 2.77. The van der Waals surface area contributed by atoms with Crippen LogP contribution in [0.25, 0.3) is 0 Å². The first kappa shape index (κ1) is 9.97. The van der Waals surface area contributed by atoms with E-state index >= 15 is 0 Å². The number of allylic oxidation sites excluding steroid dienone is 2. The SMILES string of the molecule is CCC1(C)COC12C=CC(C)=CC2C. The predicted octanol–water partition coefficient (Wildman–Crippen LogP) is 3.32. The van der Waals surface area contributed by atoms with E-state index in [2.05, 4.69) is 45.9 Å². The molecule has 0 aromatic carbocycles. The Morgan fingerprint density at radius 1 is 1.57 bits per heavy atom. The van der Waals surface area contributed by atoms with Gasteiger partial charge in [0.05, 0.1) is 6.61 Å². The Balaban J connectivity index is 2.31. The number of hydrogen-bond donors (Lipinski definition) is 0. The molecule has 3 unspecified atom stereocenters. The maximum Gasteiger partial charge on any atom is 0.100 e. The summed E-state index contributed by atoms with van der Waals surface area (Å²) < 4.78 is 5.89. The van der Waals surface area contributed by atoms with E-state index in [1.54, 1.807) is 0 Å². The second-order valence-electron chi connectivity index (χ2n) is 5.03. The minimum Gasteiger partial charge on any atom is -0.369 e. The first-order valence-corrected chi connectivity index (χ1v) is 5.56. The van der Waals surface area contributed by atoms with Crippen molar-refractivity contribution >= 4 is 0 Å². The second-order valence-corrected chi connectivity index (χ2v) is 5.03. The maximum atomic E-state index is 5.89. The fourth-order valence-electron chi connectivity index (χ4n) is 2.77. The lowest BCUT2D eigenvalue weighted by Gasteiger charge is -2.59. The molecule has 1 saturated heterocycles. The van der Waals surface area contributed by atoms with Crippen molar-refractivity contribution in [2.75, 3.05) is 6.61 Å². The van der Waals surface area contributed by atoms with Gasteiger partial charge in [-0.2, -0.15) is 0 Å². The molecule has 0 saturated carbocycles. The van der Waals surface area contributed by atoms with Gasteiger partial charge >= 0.3 is 0 Å². The predicted molar refractivity (Wildman–Crippen MR) is 59.1 cm³/mol. The fraction of sp³-hybridized carbons (Fsp3) is 0.692. The molecule has 1 heterocycles. The molecule has 1 heteroatoms. The van der Waals surface area contributed by atoms with Crippen LogP contribution in [0, 0.1) is 11.3 Å². The van der Waals surface area contributed by atoms with Gasteiger partial charge in [-0.3, -0.25) is 0 Å². The van der Waals surface area contributed by atoms with Crippen molar-refractivity contribution in [3.05, 3.63) is 23.8 Å². The lowest BCUT2D eigenvalue weighted by Crippen LogP contribution is -2.63. The molecule has 0 N–H and O–H groups in total. The summed E-state index contributed by atoms with van der Waals surface area (Å²) in [7, 11) is 0. The van der Waals surface area contributed by atoms with Crippen LogP contribution < -0.4 is 0 Å². The highest BCUT2D eigenvalue weighted by molar-refractivity contribution is 5.33. The Bertz CT molecular complexity index is 298. The van der Waals surface area contributed by atoms with E-state index in [0.717, 1.165) is 6.61 Å². The zero-order valence-electron chi connectivity index (χ0n) is 9.63. The monoisotopic (exact) mass is 192 g/mol. The quantitative estimate of drug-likeness (QED) is 0.619. The zero-order valence-corrected chi connectivity index (χ0v) is 9.63. The molecular formula is C13H20O. The molecule has 0 aromatic rings. The van der Waals surface area contributed by atoms with Crippen LogP contribution in [0.2, 0.25) is 0 Å². The van der Waals surface area contributed by atoms with Gasteiger partial charge in [0.15, 0.2) is 0 Å². The molecule has 1 aliphatic carbocycles. The van der Waals surface area contributed by atoms with Gasteiger partial charge in [0, 0.05) is 11.3 Å². The molecule has 1 fully saturated rings. The molecular weight excluding hydrogens is 172 g/mol. The third kappa shape index (κ3) is 1.05. The van der Waals surface area contributed by atoms with Crippen LogP contribution in [0.5, 0.6) is 0 Å². The van der Waals surface area contributed by atoms with E-state index in [1.807, 2.05) is 0 Å². The second kappa shape index (κ2) is 2.96. The van der Waals surface area contributed by atoms with Gasteiger partial charge < -0.3 is 4.74 Å². The van der Waals surface area contributed by atoms with E-state index < -0.39 is 0 Å². The van der Waals surface area contributed by atoms with E-state index in [-0.39, 0.29) is 5.60 Å². The Labute approximate surface area is 86.8 Å². The molecule has 78 valence electrons. The first-order valence-electron chi connectivity index (χ1n) is 5.56. The van der Waals surface area contributed by atoms with Gasteiger partial charge in [-0.15, -0.1) is 0 Å². The summed E-state index contributed by atoms with van der Waals surface area (Å²) in [6.45, 7) is 9.93. The molecule has 0 radical (unpaired) electrons. The van der Waals surface area contributed by atoms with Crippen molar-refractivity contribution < 1.29 is 4.74 Å². The highest BCUT2D eigenvalue weighted by Crippen LogP contribution is 2.54. The average molecular weight is 192 g/mol. The van der Waals surface area contributed by atoms with E-state index in [9.17, 15) is 0 Å². The van der Waals surface area contributed by atoms with Crippen LogP contribution in [0.4, 0.5) is 0 Å². The van der Waals surface area contributed by atoms with Crippen LogP contribution >= 0.6 is 0 Å². The van der Waals surface area contributed by atoms with Crippen molar-refractivity contribution in [2.45, 2.75) is 39.7 Å². The van der Waals surface area contributed by atoms with E-state index in [4.69, 9.17) is 4.74 Å². The Morgan fingerprint density at radius 3 is 2.71 bits per heavy atom. The van der Waals surface area contributed by atoms with Crippen LogP contribution in [0.1, 0.15) is 34.1 Å². The molecule has 1 spiro atoms. The lowest BCUT2D eigenvalue weighted by molar-refractivity contribution is -0.250. The zero-order chi connectivity index (χ0) is 10.4. The van der Waals surface area contributed by atoms with Gasteiger partial charge in [-0.25, -0.2) is 0 Å². The summed E-state index contributed by atoms with van der Waals surface area (Å²) in [6, 6.07) is 0. The summed E-state index contributed by atoms with van der Waals surface area (Å²) in [5.74, 6) is 0.506. The molecule has 14 heavy (non-hydrogen) atoms. The largest absolute Gasteiger partial charge is 0.369 e. The van der Waals surface area contributed by atoms with Gasteiger partial charge in [-0.1, -0.05) is 44.6 Å². The molecule has 1 aliphatic heterocycles. The minimum absolute atomic E-state index is 0.0126. The van der Waals surface area contributed by atoms with Crippen LogP contribution in [0.3, 0.4) is 0 Å². The molecule has 2 rings (SSSR count). The number of ether oxygens (including phenoxy) is 1. The standard InChI is InChI=1S/C13H20O/c1-5-12(4)9-14-13(12)7-6-10(2)8-11(13)3/h6-8,11H,5,9H2,1-4H3. The number of rotatable bonds is 1. The summed E-state index contributed by atoms with van der Waals surface area (Å²) in [5, 5.41) is 0. The van der Waals surface area contributed by atoms with Crippen molar-refractivity contribution in [3.8, 4) is 0 Å². The highest BCUT2D eigenvalue weighted by atomic mass is 16.5. The molecule has 1 nitrogen and oxygen atoms in total. The van der Waals surface area contributed by atoms with Crippen LogP contribution in [-0.2, 0) is 4.74 Å². The van der Waals surface area contributed by atoms with Crippen LogP contribution in [-0.4, -0.2) is 12.2 Å². The minimum atomic E-state index is -0.0126. The Hall–Kier alpha value is -0.560. The molecule has 0 aromatic heterocycles. The normalized spacial score (nSPS) is 46.3. The van der Waals surface area contributed by atoms with Gasteiger partial charge in [0.2, 0.25) is 0 Å². The van der Waals surface area contributed by atoms with Crippen molar-refractivity contribution in [1.82, 2.24) is 0 Å². The maximum absolute atomic E-state index is 5.89. The van der Waals surface area contributed by atoms with Crippen molar-refractivity contribution in [1.29, 1.82) is 0 Å². The lowest BCUT2D eigenvalue weighted by atomic mass is 9.60. The summed E-state index contributed by atoms with van der Waals surface area (Å²) >= 11 is 0. The highest BCUT2D eigenvalue weighted by Gasteiger charge is 2.57. The third-order valence-electron chi connectivity index (χ3n) is 4.14. The van der Waals surface area contributed by atoms with E-state index in [1.165, 1.54) is 12.0 Å².